The summed E-state index contributed by atoms with van der Waals surface area (Å²) in [6.07, 6.45) is 3.54. The van der Waals surface area contributed by atoms with Crippen molar-refractivity contribution >= 4 is 22.8 Å². The number of anilines is 1. The second-order valence-electron chi connectivity index (χ2n) is 5.17. The topological polar surface area (TPSA) is 95.8 Å². The van der Waals surface area contributed by atoms with Gasteiger partial charge in [-0.2, -0.15) is 10.1 Å². The van der Waals surface area contributed by atoms with Crippen LogP contribution in [0.5, 0.6) is 0 Å². The van der Waals surface area contributed by atoms with Gasteiger partial charge in [0.25, 0.3) is 0 Å². The highest BCUT2D eigenvalue weighted by Gasteiger charge is 2.27. The van der Waals surface area contributed by atoms with E-state index in [0.717, 1.165) is 16.5 Å². The SMILES string of the molecule is Cc1nc2n(n1)[C@H](c1c[nH]c3ccccc13)C=C(C(=O)O)N2. The standard InChI is InChI=1S/C15H13N5O2/c1-8-17-15-18-12(14(21)22)6-13(20(15)19-8)10-7-16-11-5-3-2-4-9(10)11/h2-7,13,16H,1H3,(H,21,22)(H,17,18,19)/t13-/m0/s1. The molecule has 0 radical (unpaired) electrons. The van der Waals surface area contributed by atoms with Crippen molar-refractivity contribution < 1.29 is 9.90 Å². The Morgan fingerprint density at radius 1 is 1.36 bits per heavy atom. The minimum Gasteiger partial charge on any atom is -0.477 e. The number of carboxylic acids is 1. The summed E-state index contributed by atoms with van der Waals surface area (Å²) in [5.74, 6) is 0.0109. The number of aliphatic carboxylic acids is 1. The highest BCUT2D eigenvalue weighted by atomic mass is 16.4. The molecule has 2 aromatic heterocycles. The van der Waals surface area contributed by atoms with Crippen molar-refractivity contribution in [1.29, 1.82) is 0 Å². The summed E-state index contributed by atoms with van der Waals surface area (Å²) in [6, 6.07) is 7.57. The molecule has 7 nitrogen and oxygen atoms in total. The number of hydrogen-bond acceptors (Lipinski definition) is 4. The maximum absolute atomic E-state index is 11.4. The molecule has 3 N–H and O–H groups in total. The van der Waals surface area contributed by atoms with Gasteiger partial charge in [0.05, 0.1) is 0 Å². The van der Waals surface area contributed by atoms with E-state index >= 15 is 0 Å². The third kappa shape index (κ3) is 1.79. The Kier molecular flexibility index (Phi) is 2.56. The zero-order valence-electron chi connectivity index (χ0n) is 11.7. The third-order valence-corrected chi connectivity index (χ3v) is 3.74. The first-order valence-electron chi connectivity index (χ1n) is 6.85. The van der Waals surface area contributed by atoms with Crippen LogP contribution in [-0.4, -0.2) is 30.8 Å². The van der Waals surface area contributed by atoms with E-state index in [4.69, 9.17) is 0 Å². The maximum Gasteiger partial charge on any atom is 0.352 e. The quantitative estimate of drug-likeness (QED) is 0.672. The van der Waals surface area contributed by atoms with E-state index in [1.54, 1.807) is 17.7 Å². The first-order valence-corrected chi connectivity index (χ1v) is 6.85. The summed E-state index contributed by atoms with van der Waals surface area (Å²) < 4.78 is 1.71. The maximum atomic E-state index is 11.4. The number of carbonyl (C=O) groups is 1. The monoisotopic (exact) mass is 295 g/mol. The lowest BCUT2D eigenvalue weighted by molar-refractivity contribution is -0.132. The molecule has 1 aromatic carbocycles. The summed E-state index contributed by atoms with van der Waals surface area (Å²) >= 11 is 0. The number of nitrogens with zero attached hydrogens (tertiary/aromatic N) is 3. The van der Waals surface area contributed by atoms with Crippen molar-refractivity contribution in [2.24, 2.45) is 0 Å². The van der Waals surface area contributed by atoms with Gasteiger partial charge in [-0.15, -0.1) is 0 Å². The summed E-state index contributed by atoms with van der Waals surface area (Å²) in [5, 5.41) is 17.5. The number of carboxylic acid groups (broad SMARTS) is 1. The number of fused-ring (bicyclic) bond motifs is 2. The molecular formula is C15H13N5O2. The summed E-state index contributed by atoms with van der Waals surface area (Å²) in [5.41, 5.74) is 2.07. The smallest absolute Gasteiger partial charge is 0.352 e. The van der Waals surface area contributed by atoms with Crippen LogP contribution in [0.15, 0.2) is 42.2 Å². The molecule has 0 amide bonds. The van der Waals surface area contributed by atoms with Crippen molar-refractivity contribution in [1.82, 2.24) is 19.7 Å². The van der Waals surface area contributed by atoms with Crippen LogP contribution < -0.4 is 5.32 Å². The van der Waals surface area contributed by atoms with Crippen LogP contribution in [0, 0.1) is 6.92 Å². The van der Waals surface area contributed by atoms with Crippen LogP contribution >= 0.6 is 0 Å². The number of aromatic amines is 1. The van der Waals surface area contributed by atoms with Gasteiger partial charge < -0.3 is 15.4 Å². The van der Waals surface area contributed by atoms with Gasteiger partial charge in [-0.3, -0.25) is 0 Å². The molecule has 0 saturated carbocycles. The van der Waals surface area contributed by atoms with Gasteiger partial charge in [-0.1, -0.05) is 18.2 Å². The van der Waals surface area contributed by atoms with Gasteiger partial charge >= 0.3 is 5.97 Å². The van der Waals surface area contributed by atoms with Crippen molar-refractivity contribution in [3.8, 4) is 0 Å². The zero-order valence-corrected chi connectivity index (χ0v) is 11.7. The second kappa shape index (κ2) is 4.45. The molecular weight excluding hydrogens is 282 g/mol. The number of aromatic nitrogens is 4. The number of hydrogen-bond donors (Lipinski definition) is 3. The minimum atomic E-state index is -1.02. The average molecular weight is 295 g/mol. The number of rotatable bonds is 2. The molecule has 1 aliphatic rings. The third-order valence-electron chi connectivity index (χ3n) is 3.74. The number of allylic oxidation sites excluding steroid dienone is 1. The van der Waals surface area contributed by atoms with E-state index in [9.17, 15) is 9.90 Å². The van der Waals surface area contributed by atoms with Crippen molar-refractivity contribution in [2.75, 3.05) is 5.32 Å². The number of nitrogens with one attached hydrogen (secondary N) is 2. The Hall–Kier alpha value is -3.09. The van der Waals surface area contributed by atoms with Crippen molar-refractivity contribution in [3.05, 3.63) is 53.6 Å². The molecule has 0 aliphatic carbocycles. The molecule has 1 aliphatic heterocycles. The Morgan fingerprint density at radius 2 is 2.18 bits per heavy atom. The predicted molar refractivity (Wildman–Crippen MR) is 80.5 cm³/mol. The molecule has 0 unspecified atom stereocenters. The highest BCUT2D eigenvalue weighted by molar-refractivity contribution is 5.91. The Bertz CT molecular complexity index is 921. The fraction of sp³-hybridized carbons (Fsp3) is 0.133. The molecule has 1 atom stereocenters. The lowest BCUT2D eigenvalue weighted by Gasteiger charge is -2.21. The van der Waals surface area contributed by atoms with Gasteiger partial charge in [0.1, 0.15) is 17.6 Å². The fourth-order valence-electron chi connectivity index (χ4n) is 2.78. The van der Waals surface area contributed by atoms with Gasteiger partial charge in [0.2, 0.25) is 5.95 Å². The molecule has 7 heteroatoms. The average Bonchev–Trinajstić information content (AvgIpc) is 3.08. The number of para-hydroxylation sites is 1. The molecule has 0 fully saturated rings. The van der Waals surface area contributed by atoms with Crippen LogP contribution in [0.2, 0.25) is 0 Å². The number of aryl methyl sites for hydroxylation is 1. The van der Waals surface area contributed by atoms with E-state index in [1.165, 1.54) is 0 Å². The van der Waals surface area contributed by atoms with E-state index in [0.29, 0.717) is 11.8 Å². The van der Waals surface area contributed by atoms with Crippen LogP contribution in [0.4, 0.5) is 5.95 Å². The normalized spacial score (nSPS) is 17.0. The molecule has 110 valence electrons. The molecule has 0 saturated heterocycles. The summed E-state index contributed by atoms with van der Waals surface area (Å²) in [6.45, 7) is 1.78. The molecule has 0 spiro atoms. The van der Waals surface area contributed by atoms with Crippen LogP contribution in [0.3, 0.4) is 0 Å². The minimum absolute atomic E-state index is 0.107. The van der Waals surface area contributed by atoms with Crippen LogP contribution in [0.1, 0.15) is 17.4 Å². The Labute approximate surface area is 125 Å². The largest absolute Gasteiger partial charge is 0.477 e. The number of benzene rings is 1. The molecule has 22 heavy (non-hydrogen) atoms. The summed E-state index contributed by atoms with van der Waals surface area (Å²) in [4.78, 5) is 18.8. The van der Waals surface area contributed by atoms with Crippen LogP contribution in [-0.2, 0) is 4.79 Å². The fourth-order valence-corrected chi connectivity index (χ4v) is 2.78. The molecule has 4 rings (SSSR count). The Balaban J connectivity index is 1.94. The van der Waals surface area contributed by atoms with Crippen LogP contribution in [0.25, 0.3) is 10.9 Å². The second-order valence-corrected chi connectivity index (χ2v) is 5.17. The first-order chi connectivity index (χ1) is 10.6. The molecule has 3 heterocycles. The van der Waals surface area contributed by atoms with Crippen molar-refractivity contribution in [3.63, 3.8) is 0 Å². The van der Waals surface area contributed by atoms with E-state index in [-0.39, 0.29) is 11.7 Å². The van der Waals surface area contributed by atoms with E-state index < -0.39 is 5.97 Å². The summed E-state index contributed by atoms with van der Waals surface area (Å²) in [7, 11) is 0. The first kappa shape index (κ1) is 12.6. The van der Waals surface area contributed by atoms with Gasteiger partial charge in [-0.25, -0.2) is 9.48 Å². The zero-order chi connectivity index (χ0) is 15.3. The molecule has 3 aromatic rings. The Morgan fingerprint density at radius 3 is 3.00 bits per heavy atom. The van der Waals surface area contributed by atoms with E-state index in [2.05, 4.69) is 20.4 Å². The van der Waals surface area contributed by atoms with Gasteiger partial charge in [0, 0.05) is 22.7 Å². The molecule has 0 bridgehead atoms. The van der Waals surface area contributed by atoms with Gasteiger partial charge in [-0.05, 0) is 19.1 Å². The number of H-pyrrole nitrogens is 1. The highest BCUT2D eigenvalue weighted by Crippen LogP contribution is 2.33. The predicted octanol–water partition coefficient (Wildman–Crippen LogP) is 2.05. The lowest BCUT2D eigenvalue weighted by atomic mass is 10.0. The van der Waals surface area contributed by atoms with E-state index in [1.807, 2.05) is 30.5 Å². The van der Waals surface area contributed by atoms with Gasteiger partial charge in [0.15, 0.2) is 0 Å². The van der Waals surface area contributed by atoms with Crippen molar-refractivity contribution in [2.45, 2.75) is 13.0 Å². The lowest BCUT2D eigenvalue weighted by Crippen LogP contribution is -2.24.